The van der Waals surface area contributed by atoms with E-state index < -0.39 is 0 Å². The van der Waals surface area contributed by atoms with Crippen molar-refractivity contribution in [2.45, 2.75) is 6.92 Å². The Balaban J connectivity index is 1.86. The quantitative estimate of drug-likeness (QED) is 0.535. The molecule has 0 spiro atoms. The van der Waals surface area contributed by atoms with Crippen molar-refractivity contribution in [3.05, 3.63) is 65.2 Å². The number of nitrogens with one attached hydrogen (secondary N) is 1. The average Bonchev–Trinajstić information content (AvgIpc) is 2.68. The number of nitrogens with zero attached hydrogens (tertiary/aromatic N) is 1. The number of carbonyl (C=O) groups excluding carboxylic acids is 1. The van der Waals surface area contributed by atoms with E-state index in [0.29, 0.717) is 11.1 Å². The molecule has 3 aromatic carbocycles. The monoisotopic (exact) mass is 364 g/mol. The Morgan fingerprint density at radius 3 is 2.41 bits per heavy atom. The molecule has 0 aromatic heterocycles. The molecule has 0 fully saturated rings. The summed E-state index contributed by atoms with van der Waals surface area (Å²) in [7, 11) is 2.89. The summed E-state index contributed by atoms with van der Waals surface area (Å²) in [6.07, 6.45) is 1.46. The van der Waals surface area contributed by atoms with E-state index in [2.05, 4.69) is 10.5 Å². The molecule has 6 nitrogen and oxygen atoms in total. The third-order valence-electron chi connectivity index (χ3n) is 4.25. The van der Waals surface area contributed by atoms with E-state index >= 15 is 0 Å². The molecule has 0 heterocycles. The summed E-state index contributed by atoms with van der Waals surface area (Å²) in [5.74, 6) is 0.130. The van der Waals surface area contributed by atoms with Crippen molar-refractivity contribution in [3.8, 4) is 17.2 Å². The van der Waals surface area contributed by atoms with E-state index in [1.807, 2.05) is 43.3 Å². The molecule has 0 atom stereocenters. The molecule has 0 radical (unpaired) electrons. The van der Waals surface area contributed by atoms with Crippen LogP contribution in [0.2, 0.25) is 0 Å². The van der Waals surface area contributed by atoms with Crippen LogP contribution in [0, 0.1) is 6.92 Å². The minimum atomic E-state index is -0.293. The number of aryl methyl sites for hydroxylation is 1. The summed E-state index contributed by atoms with van der Waals surface area (Å²) in [6.45, 7) is 1.89. The van der Waals surface area contributed by atoms with Gasteiger partial charge in [-0.3, -0.25) is 4.79 Å². The van der Waals surface area contributed by atoms with Crippen LogP contribution in [-0.2, 0) is 0 Å². The molecular weight excluding hydrogens is 344 g/mol. The number of amides is 1. The SMILES string of the molecule is COc1cc(/C=N\NC(=O)c2c(C)ccc3ccccc23)cc(OC)c1O. The Morgan fingerprint density at radius 2 is 1.74 bits per heavy atom. The van der Waals surface area contributed by atoms with Crippen LogP contribution in [0.4, 0.5) is 0 Å². The van der Waals surface area contributed by atoms with Gasteiger partial charge >= 0.3 is 0 Å². The Kier molecular flexibility index (Phi) is 5.26. The number of hydrogen-bond acceptors (Lipinski definition) is 5. The van der Waals surface area contributed by atoms with Crippen LogP contribution >= 0.6 is 0 Å². The van der Waals surface area contributed by atoms with Crippen LogP contribution in [0.15, 0.2) is 53.6 Å². The van der Waals surface area contributed by atoms with Crippen molar-refractivity contribution in [1.82, 2.24) is 5.43 Å². The highest BCUT2D eigenvalue weighted by atomic mass is 16.5. The Hall–Kier alpha value is -3.54. The minimum absolute atomic E-state index is 0.0902. The van der Waals surface area contributed by atoms with E-state index in [0.717, 1.165) is 16.3 Å². The number of phenolic OH excluding ortho intramolecular Hbond substituents is 1. The van der Waals surface area contributed by atoms with Crippen LogP contribution in [0.25, 0.3) is 10.8 Å². The number of methoxy groups -OCH3 is 2. The molecule has 0 aliphatic rings. The molecule has 27 heavy (non-hydrogen) atoms. The lowest BCUT2D eigenvalue weighted by atomic mass is 9.99. The van der Waals surface area contributed by atoms with Crippen LogP contribution in [0.5, 0.6) is 17.2 Å². The number of hydrazone groups is 1. The van der Waals surface area contributed by atoms with Gasteiger partial charge in [0.2, 0.25) is 5.75 Å². The zero-order valence-electron chi connectivity index (χ0n) is 15.3. The summed E-state index contributed by atoms with van der Waals surface area (Å²) in [5, 5.41) is 15.8. The van der Waals surface area contributed by atoms with Crippen molar-refractivity contribution in [3.63, 3.8) is 0 Å². The second-order valence-electron chi connectivity index (χ2n) is 5.95. The number of rotatable bonds is 5. The molecule has 3 rings (SSSR count). The third-order valence-corrected chi connectivity index (χ3v) is 4.25. The highest BCUT2D eigenvalue weighted by Gasteiger charge is 2.13. The normalized spacial score (nSPS) is 10.9. The standard InChI is InChI=1S/C21H20N2O4/c1-13-8-9-15-6-4-5-7-16(15)19(13)21(25)23-22-12-14-10-17(26-2)20(24)18(11-14)27-3/h4-12,24H,1-3H3,(H,23,25)/b22-12-. The molecule has 0 aliphatic carbocycles. The van der Waals surface area contributed by atoms with E-state index in [4.69, 9.17) is 9.47 Å². The van der Waals surface area contributed by atoms with E-state index in [-0.39, 0.29) is 23.2 Å². The number of fused-ring (bicyclic) bond motifs is 1. The maximum atomic E-state index is 12.7. The van der Waals surface area contributed by atoms with Crippen LogP contribution in [-0.4, -0.2) is 31.4 Å². The molecule has 0 saturated carbocycles. The van der Waals surface area contributed by atoms with Crippen LogP contribution < -0.4 is 14.9 Å². The van der Waals surface area contributed by atoms with Crippen LogP contribution in [0.1, 0.15) is 21.5 Å². The predicted octanol–water partition coefficient (Wildman–Crippen LogP) is 3.63. The predicted molar refractivity (Wildman–Crippen MR) is 105 cm³/mol. The molecular formula is C21H20N2O4. The van der Waals surface area contributed by atoms with Gasteiger partial charge in [0.15, 0.2) is 11.5 Å². The van der Waals surface area contributed by atoms with Gasteiger partial charge in [-0.15, -0.1) is 0 Å². The minimum Gasteiger partial charge on any atom is -0.502 e. The number of ether oxygens (including phenoxy) is 2. The van der Waals surface area contributed by atoms with Crippen molar-refractivity contribution in [2.75, 3.05) is 14.2 Å². The highest BCUT2D eigenvalue weighted by Crippen LogP contribution is 2.36. The van der Waals surface area contributed by atoms with Gasteiger partial charge in [-0.1, -0.05) is 36.4 Å². The van der Waals surface area contributed by atoms with E-state index in [1.165, 1.54) is 20.4 Å². The smallest absolute Gasteiger partial charge is 0.272 e. The van der Waals surface area contributed by atoms with Gasteiger partial charge in [-0.05, 0) is 35.4 Å². The Labute approximate surface area is 157 Å². The molecule has 0 bridgehead atoms. The number of benzene rings is 3. The first kappa shape index (κ1) is 18.3. The first-order valence-corrected chi connectivity index (χ1v) is 8.32. The maximum Gasteiger partial charge on any atom is 0.272 e. The van der Waals surface area contributed by atoms with Crippen molar-refractivity contribution in [2.24, 2.45) is 5.10 Å². The van der Waals surface area contributed by atoms with Crippen LogP contribution in [0.3, 0.4) is 0 Å². The summed E-state index contributed by atoms with van der Waals surface area (Å²) in [6, 6.07) is 14.8. The number of phenols is 1. The molecule has 0 saturated heterocycles. The Morgan fingerprint density at radius 1 is 1.07 bits per heavy atom. The molecule has 3 aromatic rings. The molecule has 0 aliphatic heterocycles. The van der Waals surface area contributed by atoms with Crippen molar-refractivity contribution < 1.29 is 19.4 Å². The second kappa shape index (κ2) is 7.78. The van der Waals surface area contributed by atoms with E-state index in [9.17, 15) is 9.90 Å². The van der Waals surface area contributed by atoms with Gasteiger partial charge < -0.3 is 14.6 Å². The largest absolute Gasteiger partial charge is 0.502 e. The summed E-state index contributed by atoms with van der Waals surface area (Å²) in [5.41, 5.74) is 4.62. The third kappa shape index (κ3) is 3.69. The van der Waals surface area contributed by atoms with Gasteiger partial charge in [0.25, 0.3) is 5.91 Å². The van der Waals surface area contributed by atoms with Crippen molar-refractivity contribution in [1.29, 1.82) is 0 Å². The molecule has 138 valence electrons. The van der Waals surface area contributed by atoms with Gasteiger partial charge in [0.05, 0.1) is 26.0 Å². The summed E-state index contributed by atoms with van der Waals surface area (Å²) in [4.78, 5) is 12.7. The van der Waals surface area contributed by atoms with Gasteiger partial charge in [-0.25, -0.2) is 5.43 Å². The topological polar surface area (TPSA) is 80.2 Å². The molecule has 0 unspecified atom stereocenters. The van der Waals surface area contributed by atoms with Gasteiger partial charge in [0.1, 0.15) is 0 Å². The average molecular weight is 364 g/mol. The first-order chi connectivity index (χ1) is 13.0. The lowest BCUT2D eigenvalue weighted by molar-refractivity contribution is 0.0956. The zero-order valence-corrected chi connectivity index (χ0v) is 15.3. The fraction of sp³-hybridized carbons (Fsp3) is 0.143. The van der Waals surface area contributed by atoms with E-state index in [1.54, 1.807) is 12.1 Å². The maximum absolute atomic E-state index is 12.7. The lowest BCUT2D eigenvalue weighted by Gasteiger charge is -2.10. The fourth-order valence-electron chi connectivity index (χ4n) is 2.89. The molecule has 1 amide bonds. The summed E-state index contributed by atoms with van der Waals surface area (Å²) < 4.78 is 10.2. The number of aromatic hydroxyl groups is 1. The first-order valence-electron chi connectivity index (χ1n) is 8.32. The lowest BCUT2D eigenvalue weighted by Crippen LogP contribution is -2.19. The molecule has 2 N–H and O–H groups in total. The number of carbonyl (C=O) groups is 1. The number of hydrogen-bond donors (Lipinski definition) is 2. The van der Waals surface area contributed by atoms with Gasteiger partial charge in [0, 0.05) is 5.56 Å². The molecule has 6 heteroatoms. The fourth-order valence-corrected chi connectivity index (χ4v) is 2.89. The van der Waals surface area contributed by atoms with Crippen molar-refractivity contribution >= 4 is 22.9 Å². The van der Waals surface area contributed by atoms with Gasteiger partial charge in [-0.2, -0.15) is 5.10 Å². The second-order valence-corrected chi connectivity index (χ2v) is 5.95. The summed E-state index contributed by atoms with van der Waals surface area (Å²) >= 11 is 0. The Bertz CT molecular complexity index is 1000. The zero-order chi connectivity index (χ0) is 19.4. The highest BCUT2D eigenvalue weighted by molar-refractivity contribution is 6.08.